The molecule has 1 atom stereocenters. The first-order valence-electron chi connectivity index (χ1n) is 11.2. The average Bonchev–Trinajstić information content (AvgIpc) is 3.45. The molecule has 5 rings (SSSR count). The molecule has 1 fully saturated rings. The number of rotatable bonds is 6. The summed E-state index contributed by atoms with van der Waals surface area (Å²) in [6.45, 7) is 4.77. The summed E-state index contributed by atoms with van der Waals surface area (Å²) in [5.74, 6) is 0.314. The maximum absolute atomic E-state index is 13.7. The highest BCUT2D eigenvalue weighted by atomic mass is 35.5. The summed E-state index contributed by atoms with van der Waals surface area (Å²) in [5, 5.41) is 1.39. The Kier molecular flexibility index (Phi) is 6.79. The van der Waals surface area contributed by atoms with E-state index in [-0.39, 0.29) is 24.2 Å². The summed E-state index contributed by atoms with van der Waals surface area (Å²) < 4.78 is 9.18. The van der Waals surface area contributed by atoms with Crippen LogP contribution in [0.4, 0.5) is 0 Å². The van der Waals surface area contributed by atoms with Crippen LogP contribution in [0.2, 0.25) is 15.1 Å². The van der Waals surface area contributed by atoms with Crippen LogP contribution in [0.5, 0.6) is 5.75 Å². The van der Waals surface area contributed by atoms with Gasteiger partial charge in [0.05, 0.1) is 34.0 Å². The Bertz CT molecular complexity index is 1550. The number of imidazole rings is 1. The van der Waals surface area contributed by atoms with Crippen molar-refractivity contribution in [3.05, 3.63) is 98.6 Å². The lowest BCUT2D eigenvalue weighted by molar-refractivity contribution is -0.125. The van der Waals surface area contributed by atoms with E-state index in [1.807, 2.05) is 0 Å². The topological polar surface area (TPSA) is 69.4 Å². The zero-order chi connectivity index (χ0) is 25.4. The number of carbonyl (C=O) groups excluding carboxylic acids is 1. The number of hydrogen-bond donors (Lipinski definition) is 0. The number of pyridine rings is 1. The number of carbonyl (C=O) groups is 1. The van der Waals surface area contributed by atoms with Crippen molar-refractivity contribution in [3.8, 4) is 11.4 Å². The van der Waals surface area contributed by atoms with Gasteiger partial charge in [0.2, 0.25) is 5.91 Å². The first-order chi connectivity index (χ1) is 17.4. The molecule has 0 spiro atoms. The molecule has 3 heterocycles. The summed E-state index contributed by atoms with van der Waals surface area (Å²) in [7, 11) is 0. The van der Waals surface area contributed by atoms with Gasteiger partial charge >= 0.3 is 5.69 Å². The van der Waals surface area contributed by atoms with Gasteiger partial charge in [-0.2, -0.15) is 0 Å². The number of likely N-dealkylation sites (tertiary alicyclic amines) is 1. The highest BCUT2D eigenvalue weighted by molar-refractivity contribution is 6.35. The third-order valence-electron chi connectivity index (χ3n) is 6.26. The van der Waals surface area contributed by atoms with Gasteiger partial charge in [-0.15, -0.1) is 0 Å². The molecule has 1 unspecified atom stereocenters. The molecule has 0 saturated carbocycles. The van der Waals surface area contributed by atoms with Crippen LogP contribution >= 0.6 is 34.8 Å². The van der Waals surface area contributed by atoms with Gasteiger partial charge in [0.25, 0.3) is 0 Å². The Morgan fingerprint density at radius 1 is 1.11 bits per heavy atom. The molecule has 1 saturated heterocycles. The van der Waals surface area contributed by atoms with Crippen LogP contribution in [-0.4, -0.2) is 38.0 Å². The molecule has 1 amide bonds. The van der Waals surface area contributed by atoms with E-state index in [2.05, 4.69) is 11.6 Å². The Hall–Kier alpha value is -3.26. The van der Waals surface area contributed by atoms with Gasteiger partial charge in [-0.05, 0) is 48.9 Å². The largest absolute Gasteiger partial charge is 0.487 e. The van der Waals surface area contributed by atoms with Gasteiger partial charge in [0, 0.05) is 34.9 Å². The lowest BCUT2D eigenvalue weighted by atomic mass is 10.2. The maximum Gasteiger partial charge on any atom is 0.334 e. The molecule has 4 aromatic rings. The Morgan fingerprint density at radius 3 is 2.69 bits per heavy atom. The normalized spacial score (nSPS) is 15.4. The van der Waals surface area contributed by atoms with Crippen LogP contribution in [-0.2, 0) is 11.4 Å². The van der Waals surface area contributed by atoms with E-state index >= 15 is 0 Å². The van der Waals surface area contributed by atoms with E-state index in [1.54, 1.807) is 68.9 Å². The molecule has 7 nitrogen and oxygen atoms in total. The van der Waals surface area contributed by atoms with E-state index in [0.717, 1.165) is 11.1 Å². The van der Waals surface area contributed by atoms with Crippen LogP contribution < -0.4 is 10.4 Å². The predicted octanol–water partition coefficient (Wildman–Crippen LogP) is 5.69. The second-order valence-electron chi connectivity index (χ2n) is 8.42. The highest BCUT2D eigenvalue weighted by Crippen LogP contribution is 2.31. The van der Waals surface area contributed by atoms with Crippen molar-refractivity contribution in [2.75, 3.05) is 13.1 Å². The van der Waals surface area contributed by atoms with Crippen molar-refractivity contribution >= 4 is 51.7 Å². The van der Waals surface area contributed by atoms with Crippen molar-refractivity contribution < 1.29 is 9.53 Å². The molecule has 0 radical (unpaired) electrons. The molecular weight excluding hydrogens is 523 g/mol. The SMILES string of the molecule is C=CC(=O)N1CCC(n2c(=O)n(-c3ccc(OCc4ccc(Cl)cc4Cl)c(Cl)c3)c3cnccc32)C1. The standard InChI is InChI=1S/C26H21Cl3N4O3/c1-2-25(34)31-10-8-19(14-31)33-22-7-9-30-13-23(22)32(26(33)35)18-5-6-24(21(29)12-18)36-15-16-3-4-17(27)11-20(16)28/h2-7,9,11-13,19H,1,8,10,14-15H2. The molecule has 2 aromatic heterocycles. The van der Waals surface area contributed by atoms with Crippen molar-refractivity contribution in [3.63, 3.8) is 0 Å². The third kappa shape index (κ3) is 4.50. The molecular formula is C26H21Cl3N4O3. The number of amides is 1. The smallest absolute Gasteiger partial charge is 0.334 e. The summed E-state index contributed by atoms with van der Waals surface area (Å²) in [6.07, 6.45) is 5.26. The van der Waals surface area contributed by atoms with Gasteiger partial charge < -0.3 is 9.64 Å². The fraction of sp³-hybridized carbons (Fsp3) is 0.192. The van der Waals surface area contributed by atoms with Gasteiger partial charge in [-0.3, -0.25) is 18.9 Å². The minimum atomic E-state index is -0.228. The van der Waals surface area contributed by atoms with E-state index < -0.39 is 0 Å². The molecule has 184 valence electrons. The monoisotopic (exact) mass is 542 g/mol. The number of hydrogen-bond acceptors (Lipinski definition) is 4. The van der Waals surface area contributed by atoms with Crippen LogP contribution in [0.1, 0.15) is 18.0 Å². The van der Waals surface area contributed by atoms with Crippen LogP contribution in [0.3, 0.4) is 0 Å². The Labute approximate surface area is 222 Å². The minimum absolute atomic E-state index is 0.141. The maximum atomic E-state index is 13.7. The Morgan fingerprint density at radius 2 is 1.94 bits per heavy atom. The molecule has 0 aliphatic carbocycles. The number of nitrogens with zero attached hydrogens (tertiary/aromatic N) is 4. The van der Waals surface area contributed by atoms with Crippen molar-refractivity contribution in [1.29, 1.82) is 0 Å². The average molecular weight is 544 g/mol. The number of aromatic nitrogens is 3. The lowest BCUT2D eigenvalue weighted by Gasteiger charge is -2.15. The molecule has 1 aliphatic heterocycles. The van der Waals surface area contributed by atoms with E-state index in [1.165, 1.54) is 6.08 Å². The molecule has 1 aliphatic rings. The van der Waals surface area contributed by atoms with Crippen LogP contribution in [0.25, 0.3) is 16.7 Å². The highest BCUT2D eigenvalue weighted by Gasteiger charge is 2.30. The number of fused-ring (bicyclic) bond motifs is 1. The molecule has 2 aromatic carbocycles. The van der Waals surface area contributed by atoms with E-state index in [4.69, 9.17) is 39.5 Å². The second kappa shape index (κ2) is 10.0. The van der Waals surface area contributed by atoms with Crippen LogP contribution in [0, 0.1) is 0 Å². The predicted molar refractivity (Wildman–Crippen MR) is 142 cm³/mol. The molecule has 0 N–H and O–H groups in total. The Balaban J connectivity index is 1.47. The van der Waals surface area contributed by atoms with Crippen molar-refractivity contribution in [1.82, 2.24) is 19.0 Å². The number of benzene rings is 2. The fourth-order valence-corrected chi connectivity index (χ4v) is 5.19. The summed E-state index contributed by atoms with van der Waals surface area (Å²) in [5.41, 5.74) is 2.51. The first-order valence-corrected chi connectivity index (χ1v) is 12.4. The van der Waals surface area contributed by atoms with Gasteiger partial charge in [0.15, 0.2) is 0 Å². The van der Waals surface area contributed by atoms with Crippen LogP contribution in [0.15, 0.2) is 72.3 Å². The first kappa shape index (κ1) is 24.4. The summed E-state index contributed by atoms with van der Waals surface area (Å²) >= 11 is 18.7. The fourth-order valence-electron chi connectivity index (χ4n) is 4.49. The molecule has 10 heteroatoms. The minimum Gasteiger partial charge on any atom is -0.487 e. The van der Waals surface area contributed by atoms with Gasteiger partial charge in [0.1, 0.15) is 12.4 Å². The second-order valence-corrected chi connectivity index (χ2v) is 9.67. The van der Waals surface area contributed by atoms with Crippen molar-refractivity contribution in [2.24, 2.45) is 0 Å². The molecule has 0 bridgehead atoms. The number of ether oxygens (including phenoxy) is 1. The zero-order valence-corrected chi connectivity index (χ0v) is 21.3. The quantitative estimate of drug-likeness (QED) is 0.293. The zero-order valence-electron chi connectivity index (χ0n) is 19.0. The molecule has 36 heavy (non-hydrogen) atoms. The van der Waals surface area contributed by atoms with E-state index in [9.17, 15) is 9.59 Å². The van der Waals surface area contributed by atoms with Crippen molar-refractivity contribution in [2.45, 2.75) is 19.1 Å². The van der Waals surface area contributed by atoms with E-state index in [0.29, 0.717) is 51.5 Å². The van der Waals surface area contributed by atoms with Gasteiger partial charge in [-0.1, -0.05) is 47.4 Å². The summed E-state index contributed by atoms with van der Waals surface area (Å²) in [6, 6.07) is 12.0. The van der Waals surface area contributed by atoms with Gasteiger partial charge in [-0.25, -0.2) is 4.79 Å². The summed E-state index contributed by atoms with van der Waals surface area (Å²) in [4.78, 5) is 31.7. The lowest BCUT2D eigenvalue weighted by Crippen LogP contribution is -2.31. The third-order valence-corrected chi connectivity index (χ3v) is 7.14. The number of halogens is 3.